The van der Waals surface area contributed by atoms with Crippen LogP contribution in [0.2, 0.25) is 0 Å². The molecule has 0 saturated carbocycles. The van der Waals surface area contributed by atoms with E-state index in [0.717, 1.165) is 0 Å². The van der Waals surface area contributed by atoms with Crippen molar-refractivity contribution in [3.63, 3.8) is 0 Å². The Bertz CT molecular complexity index is 1080. The molecule has 0 unspecified atom stereocenters. The molecule has 0 bridgehead atoms. The number of carbonyl (C=O) groups is 3. The third-order valence-electron chi connectivity index (χ3n) is 4.23. The summed E-state index contributed by atoms with van der Waals surface area (Å²) in [5.74, 6) is -1.34. The van der Waals surface area contributed by atoms with E-state index < -0.39 is 17.8 Å². The van der Waals surface area contributed by atoms with E-state index in [1.807, 2.05) is 0 Å². The molecule has 34 heavy (non-hydrogen) atoms. The van der Waals surface area contributed by atoms with Crippen molar-refractivity contribution >= 4 is 18.4 Å². The van der Waals surface area contributed by atoms with Crippen molar-refractivity contribution in [3.05, 3.63) is 66.5 Å². The van der Waals surface area contributed by atoms with Gasteiger partial charge in [0.2, 0.25) is 0 Å². The maximum absolute atomic E-state index is 14.2. The lowest BCUT2D eigenvalue weighted by Gasteiger charge is -2.15. The molecule has 0 atom stereocenters. The Kier molecular flexibility index (Phi) is 9.82. The second-order valence-electron chi connectivity index (χ2n) is 7.05. The normalized spacial score (nSPS) is 10.1. The van der Waals surface area contributed by atoms with E-state index >= 15 is 0 Å². The SMILES string of the molecule is C=C(C)C(=O)OCCOc1ccc(-c2ccc(OC=O)c(F)c2)cc1OCCOC(=O)C(=C)C. The lowest BCUT2D eigenvalue weighted by Crippen LogP contribution is -2.14. The van der Waals surface area contributed by atoms with Gasteiger partial charge in [-0.3, -0.25) is 4.79 Å². The predicted octanol–water partition coefficient (Wildman–Crippen LogP) is 4.02. The molecule has 0 aliphatic heterocycles. The lowest BCUT2D eigenvalue weighted by atomic mass is 10.0. The zero-order valence-electron chi connectivity index (χ0n) is 18.9. The van der Waals surface area contributed by atoms with Crippen LogP contribution in [0.3, 0.4) is 0 Å². The molecular formula is C25H25FO8. The summed E-state index contributed by atoms with van der Waals surface area (Å²) in [6.07, 6.45) is 0. The van der Waals surface area contributed by atoms with E-state index in [1.165, 1.54) is 26.0 Å². The van der Waals surface area contributed by atoms with Crippen molar-refractivity contribution in [2.75, 3.05) is 26.4 Å². The molecular weight excluding hydrogens is 447 g/mol. The van der Waals surface area contributed by atoms with Crippen LogP contribution in [0.15, 0.2) is 60.7 Å². The highest BCUT2D eigenvalue weighted by atomic mass is 19.1. The van der Waals surface area contributed by atoms with Crippen molar-refractivity contribution in [3.8, 4) is 28.4 Å². The van der Waals surface area contributed by atoms with E-state index in [0.29, 0.717) is 22.6 Å². The van der Waals surface area contributed by atoms with E-state index in [9.17, 15) is 18.8 Å². The molecule has 0 heterocycles. The summed E-state index contributed by atoms with van der Waals surface area (Å²) in [5.41, 5.74) is 1.62. The van der Waals surface area contributed by atoms with Gasteiger partial charge in [-0.05, 0) is 49.2 Å². The van der Waals surface area contributed by atoms with Gasteiger partial charge in [-0.2, -0.15) is 0 Å². The van der Waals surface area contributed by atoms with E-state index in [1.54, 1.807) is 24.3 Å². The Morgan fingerprint density at radius 3 is 1.79 bits per heavy atom. The standard InChI is InChI=1S/C25H25FO8/c1-16(2)24(28)32-11-9-30-22-8-6-19(18-5-7-21(34-15-27)20(26)13-18)14-23(22)31-10-12-33-25(29)17(3)4/h5-8,13-15H,1,3,9-12H2,2,4H3. The predicted molar refractivity (Wildman–Crippen MR) is 121 cm³/mol. The first-order valence-corrected chi connectivity index (χ1v) is 10.2. The summed E-state index contributed by atoms with van der Waals surface area (Å²) >= 11 is 0. The van der Waals surface area contributed by atoms with Crippen molar-refractivity contribution in [1.82, 2.24) is 0 Å². The lowest BCUT2D eigenvalue weighted by molar-refractivity contribution is -0.140. The quantitative estimate of drug-likeness (QED) is 0.187. The number of carbonyl (C=O) groups excluding carboxylic acids is 3. The number of halogens is 1. The van der Waals surface area contributed by atoms with Gasteiger partial charge < -0.3 is 23.7 Å². The third-order valence-corrected chi connectivity index (χ3v) is 4.23. The van der Waals surface area contributed by atoms with Crippen LogP contribution in [0.5, 0.6) is 17.2 Å². The molecule has 2 aromatic rings. The van der Waals surface area contributed by atoms with Gasteiger partial charge in [-0.1, -0.05) is 25.3 Å². The topological polar surface area (TPSA) is 97.4 Å². The largest absolute Gasteiger partial charge is 0.486 e. The molecule has 0 aliphatic carbocycles. The number of benzene rings is 2. The molecule has 0 saturated heterocycles. The van der Waals surface area contributed by atoms with Crippen LogP contribution in [-0.4, -0.2) is 44.8 Å². The summed E-state index contributed by atoms with van der Waals surface area (Å²) < 4.78 is 40.1. The Hall–Kier alpha value is -4.14. The average Bonchev–Trinajstić information content (AvgIpc) is 2.80. The Labute approximate surface area is 196 Å². The summed E-state index contributed by atoms with van der Waals surface area (Å²) in [5, 5.41) is 0. The minimum Gasteiger partial charge on any atom is -0.486 e. The summed E-state index contributed by atoms with van der Waals surface area (Å²) in [4.78, 5) is 33.5. The highest BCUT2D eigenvalue weighted by Crippen LogP contribution is 2.34. The van der Waals surface area contributed by atoms with Crippen LogP contribution in [-0.2, 0) is 23.9 Å². The first-order chi connectivity index (χ1) is 16.2. The van der Waals surface area contributed by atoms with Crippen molar-refractivity contribution in [2.45, 2.75) is 13.8 Å². The first kappa shape index (κ1) is 26.1. The molecule has 0 radical (unpaired) electrons. The van der Waals surface area contributed by atoms with Crippen LogP contribution in [0, 0.1) is 5.82 Å². The van der Waals surface area contributed by atoms with Gasteiger partial charge in [0.05, 0.1) is 0 Å². The monoisotopic (exact) mass is 472 g/mol. The van der Waals surface area contributed by atoms with Crippen LogP contribution >= 0.6 is 0 Å². The number of rotatable bonds is 13. The highest BCUT2D eigenvalue weighted by molar-refractivity contribution is 5.87. The maximum Gasteiger partial charge on any atom is 0.333 e. The number of ether oxygens (including phenoxy) is 5. The molecule has 0 aromatic heterocycles. The Balaban J connectivity index is 2.16. The van der Waals surface area contributed by atoms with E-state index in [2.05, 4.69) is 17.9 Å². The van der Waals surface area contributed by atoms with Gasteiger partial charge in [0.1, 0.15) is 26.4 Å². The van der Waals surface area contributed by atoms with Gasteiger partial charge in [0.15, 0.2) is 23.1 Å². The second kappa shape index (κ2) is 12.8. The van der Waals surface area contributed by atoms with Crippen LogP contribution < -0.4 is 14.2 Å². The number of hydrogen-bond acceptors (Lipinski definition) is 8. The fourth-order valence-electron chi connectivity index (χ4n) is 2.57. The fourth-order valence-corrected chi connectivity index (χ4v) is 2.57. The molecule has 0 fully saturated rings. The molecule has 0 amide bonds. The van der Waals surface area contributed by atoms with Crippen LogP contribution in [0.25, 0.3) is 11.1 Å². The molecule has 2 aromatic carbocycles. The minimum atomic E-state index is -0.710. The van der Waals surface area contributed by atoms with Gasteiger partial charge in [-0.25, -0.2) is 14.0 Å². The average molecular weight is 472 g/mol. The molecule has 0 aliphatic rings. The Morgan fingerprint density at radius 2 is 1.29 bits per heavy atom. The van der Waals surface area contributed by atoms with Crippen molar-refractivity contribution in [1.29, 1.82) is 0 Å². The van der Waals surface area contributed by atoms with Crippen molar-refractivity contribution < 1.29 is 42.5 Å². The number of esters is 2. The molecule has 8 nitrogen and oxygen atoms in total. The summed E-state index contributed by atoms with van der Waals surface area (Å²) in [6, 6.07) is 9.02. The van der Waals surface area contributed by atoms with Gasteiger partial charge >= 0.3 is 11.9 Å². The van der Waals surface area contributed by atoms with Gasteiger partial charge in [0, 0.05) is 11.1 Å². The first-order valence-electron chi connectivity index (χ1n) is 10.2. The molecule has 0 N–H and O–H groups in total. The van der Waals surface area contributed by atoms with Crippen LogP contribution in [0.4, 0.5) is 4.39 Å². The highest BCUT2D eigenvalue weighted by Gasteiger charge is 2.12. The zero-order valence-corrected chi connectivity index (χ0v) is 18.9. The minimum absolute atomic E-state index is 0.00743. The fraction of sp³-hybridized carbons (Fsp3) is 0.240. The number of hydrogen-bond donors (Lipinski definition) is 0. The molecule has 2 rings (SSSR count). The van der Waals surface area contributed by atoms with Gasteiger partial charge in [-0.15, -0.1) is 0 Å². The molecule has 0 spiro atoms. The molecule has 9 heteroatoms. The Morgan fingerprint density at radius 1 is 0.794 bits per heavy atom. The summed E-state index contributed by atoms with van der Waals surface area (Å²) in [7, 11) is 0. The second-order valence-corrected chi connectivity index (χ2v) is 7.05. The summed E-state index contributed by atoms with van der Waals surface area (Å²) in [6.45, 7) is 10.2. The zero-order chi connectivity index (χ0) is 25.1. The molecule has 180 valence electrons. The van der Waals surface area contributed by atoms with Gasteiger partial charge in [0.25, 0.3) is 6.47 Å². The third kappa shape index (κ3) is 7.77. The van der Waals surface area contributed by atoms with Crippen molar-refractivity contribution in [2.24, 2.45) is 0 Å². The smallest absolute Gasteiger partial charge is 0.333 e. The van der Waals surface area contributed by atoms with Crippen LogP contribution in [0.1, 0.15) is 13.8 Å². The van der Waals surface area contributed by atoms with E-state index in [-0.39, 0.29) is 49.8 Å². The van der Waals surface area contributed by atoms with E-state index in [4.69, 9.17) is 18.9 Å². The maximum atomic E-state index is 14.2.